The first-order valence-electron chi connectivity index (χ1n) is 11.2. The Balaban J connectivity index is 1.40. The Hall–Kier alpha value is -3.31. The maximum absolute atomic E-state index is 12.1. The molecule has 5 nitrogen and oxygen atoms in total. The fourth-order valence-corrected chi connectivity index (χ4v) is 4.08. The Morgan fingerprint density at radius 2 is 1.47 bits per heavy atom. The minimum absolute atomic E-state index is 0.319. The third kappa shape index (κ3) is 4.78. The summed E-state index contributed by atoms with van der Waals surface area (Å²) in [5.41, 5.74) is 3.44. The van der Waals surface area contributed by atoms with Crippen LogP contribution in [0, 0.1) is 0 Å². The highest BCUT2D eigenvalue weighted by Gasteiger charge is 2.20. The first-order chi connectivity index (χ1) is 15.7. The minimum atomic E-state index is -0.581. The monoisotopic (exact) mass is 431 g/mol. The lowest BCUT2D eigenvalue weighted by molar-refractivity contribution is -0.156. The van der Waals surface area contributed by atoms with Crippen molar-refractivity contribution in [1.29, 1.82) is 0 Å². The number of esters is 1. The molecule has 0 aliphatic heterocycles. The zero-order chi connectivity index (χ0) is 22.3. The molecule has 3 aromatic carbocycles. The van der Waals surface area contributed by atoms with Crippen LogP contribution in [-0.2, 0) is 27.2 Å². The van der Waals surface area contributed by atoms with E-state index >= 15 is 0 Å². The number of para-hydroxylation sites is 2. The van der Waals surface area contributed by atoms with Gasteiger partial charge in [-0.05, 0) is 43.7 Å². The van der Waals surface area contributed by atoms with Gasteiger partial charge in [-0.25, -0.2) is 4.79 Å². The van der Waals surface area contributed by atoms with Gasteiger partial charge in [0.25, 0.3) is 0 Å². The molecule has 1 aromatic heterocycles. The molecule has 4 rings (SSSR count). The molecular weight excluding hydrogens is 402 g/mol. The van der Waals surface area contributed by atoms with E-state index in [9.17, 15) is 4.79 Å². The second kappa shape index (κ2) is 10.3. The lowest BCUT2D eigenvalue weighted by atomic mass is 10.1. The lowest BCUT2D eigenvalue weighted by Crippen LogP contribution is -2.28. The van der Waals surface area contributed by atoms with Gasteiger partial charge in [0, 0.05) is 34.8 Å². The van der Waals surface area contributed by atoms with Crippen molar-refractivity contribution in [2.45, 2.75) is 32.9 Å². The average Bonchev–Trinajstić information content (AvgIpc) is 3.14. The first kappa shape index (κ1) is 21.9. The largest absolute Gasteiger partial charge is 0.492 e. The summed E-state index contributed by atoms with van der Waals surface area (Å²) >= 11 is 0. The number of aromatic nitrogens is 1. The average molecular weight is 432 g/mol. The standard InChI is InChI=1S/C27H29NO4/c1-3-30-26(27(29)31-4-2)19-20-13-15-21(16-14-20)32-18-17-28-24-11-7-5-9-22(24)23-10-6-8-12-25(23)28/h5-16,26H,3-4,17-19H2,1-2H3/t26-/m0/s1. The van der Waals surface area contributed by atoms with E-state index in [1.807, 2.05) is 31.2 Å². The third-order valence-corrected chi connectivity index (χ3v) is 5.53. The number of hydrogen-bond donors (Lipinski definition) is 0. The van der Waals surface area contributed by atoms with Crippen LogP contribution in [0.3, 0.4) is 0 Å². The molecule has 166 valence electrons. The summed E-state index contributed by atoms with van der Waals surface area (Å²) < 4.78 is 19.0. The van der Waals surface area contributed by atoms with E-state index in [1.165, 1.54) is 21.8 Å². The Morgan fingerprint density at radius 1 is 0.844 bits per heavy atom. The number of ether oxygens (including phenoxy) is 3. The number of rotatable bonds is 10. The summed E-state index contributed by atoms with van der Waals surface area (Å²) in [5.74, 6) is 0.486. The van der Waals surface area contributed by atoms with Gasteiger partial charge in [-0.15, -0.1) is 0 Å². The molecule has 5 heteroatoms. The van der Waals surface area contributed by atoms with Crippen LogP contribution >= 0.6 is 0 Å². The predicted molar refractivity (Wildman–Crippen MR) is 127 cm³/mol. The summed E-state index contributed by atoms with van der Waals surface area (Å²) in [6, 6.07) is 24.8. The molecular formula is C27H29NO4. The first-order valence-corrected chi connectivity index (χ1v) is 11.2. The van der Waals surface area contributed by atoms with E-state index in [1.54, 1.807) is 6.92 Å². The van der Waals surface area contributed by atoms with Crippen molar-refractivity contribution < 1.29 is 19.0 Å². The highest BCUT2D eigenvalue weighted by molar-refractivity contribution is 6.07. The van der Waals surface area contributed by atoms with Crippen LogP contribution in [0.4, 0.5) is 0 Å². The Kier molecular flexibility index (Phi) is 7.07. The number of hydrogen-bond acceptors (Lipinski definition) is 4. The smallest absolute Gasteiger partial charge is 0.335 e. The van der Waals surface area contributed by atoms with Crippen LogP contribution in [0.2, 0.25) is 0 Å². The molecule has 0 aliphatic rings. The van der Waals surface area contributed by atoms with Crippen LogP contribution in [0.25, 0.3) is 21.8 Å². The molecule has 0 bridgehead atoms. The number of carbonyl (C=O) groups excluding carboxylic acids is 1. The van der Waals surface area contributed by atoms with E-state index in [4.69, 9.17) is 14.2 Å². The van der Waals surface area contributed by atoms with Gasteiger partial charge in [-0.1, -0.05) is 48.5 Å². The maximum Gasteiger partial charge on any atom is 0.335 e. The molecule has 0 fully saturated rings. The van der Waals surface area contributed by atoms with Crippen LogP contribution in [-0.4, -0.2) is 36.5 Å². The van der Waals surface area contributed by atoms with Gasteiger partial charge in [0.05, 0.1) is 13.2 Å². The second-order valence-corrected chi connectivity index (χ2v) is 7.58. The van der Waals surface area contributed by atoms with Crippen LogP contribution < -0.4 is 4.74 Å². The lowest BCUT2D eigenvalue weighted by Gasteiger charge is -2.16. The molecule has 0 saturated heterocycles. The molecule has 0 radical (unpaired) electrons. The zero-order valence-corrected chi connectivity index (χ0v) is 18.6. The summed E-state index contributed by atoms with van der Waals surface area (Å²) in [5, 5.41) is 2.52. The fourth-order valence-electron chi connectivity index (χ4n) is 4.08. The highest BCUT2D eigenvalue weighted by Crippen LogP contribution is 2.28. The summed E-state index contributed by atoms with van der Waals surface area (Å²) in [4.78, 5) is 12.1. The van der Waals surface area contributed by atoms with Crippen molar-refractivity contribution in [1.82, 2.24) is 4.57 Å². The molecule has 0 amide bonds. The Morgan fingerprint density at radius 3 is 2.06 bits per heavy atom. The van der Waals surface area contributed by atoms with Gasteiger partial charge in [0.15, 0.2) is 6.10 Å². The molecule has 0 spiro atoms. The minimum Gasteiger partial charge on any atom is -0.492 e. The van der Waals surface area contributed by atoms with Crippen LogP contribution in [0.5, 0.6) is 5.75 Å². The fraction of sp³-hybridized carbons (Fsp3) is 0.296. The van der Waals surface area contributed by atoms with Gasteiger partial charge in [-0.2, -0.15) is 0 Å². The van der Waals surface area contributed by atoms with E-state index in [-0.39, 0.29) is 5.97 Å². The predicted octanol–water partition coefficient (Wildman–Crippen LogP) is 5.38. The normalized spacial score (nSPS) is 12.2. The Labute approximate surface area is 188 Å². The summed E-state index contributed by atoms with van der Waals surface area (Å²) in [6.07, 6.45) is -0.101. The van der Waals surface area contributed by atoms with Crippen molar-refractivity contribution in [3.8, 4) is 5.75 Å². The van der Waals surface area contributed by atoms with Gasteiger partial charge in [-0.3, -0.25) is 0 Å². The number of benzene rings is 3. The number of fused-ring (bicyclic) bond motifs is 3. The SMILES string of the molecule is CCOC(=O)[C@H](Cc1ccc(OCCn2c3ccccc3c3ccccc32)cc1)OCC. The van der Waals surface area contributed by atoms with Gasteiger partial charge in [0.2, 0.25) is 0 Å². The van der Waals surface area contributed by atoms with E-state index in [2.05, 4.69) is 53.1 Å². The van der Waals surface area contributed by atoms with Crippen molar-refractivity contribution in [2.24, 2.45) is 0 Å². The van der Waals surface area contributed by atoms with Crippen LogP contribution in [0.15, 0.2) is 72.8 Å². The molecule has 1 atom stereocenters. The molecule has 0 unspecified atom stereocenters. The Bertz CT molecular complexity index is 1130. The van der Waals surface area contributed by atoms with E-state index in [0.717, 1.165) is 17.9 Å². The maximum atomic E-state index is 12.1. The van der Waals surface area contributed by atoms with Gasteiger partial charge in [0.1, 0.15) is 12.4 Å². The van der Waals surface area contributed by atoms with Crippen molar-refractivity contribution in [2.75, 3.05) is 19.8 Å². The van der Waals surface area contributed by atoms with E-state index < -0.39 is 6.10 Å². The third-order valence-electron chi connectivity index (χ3n) is 5.53. The topological polar surface area (TPSA) is 49.7 Å². The van der Waals surface area contributed by atoms with Gasteiger partial charge < -0.3 is 18.8 Å². The quantitative estimate of drug-likeness (QED) is 0.316. The molecule has 0 aliphatic carbocycles. The van der Waals surface area contributed by atoms with Crippen LogP contribution in [0.1, 0.15) is 19.4 Å². The zero-order valence-electron chi connectivity index (χ0n) is 18.6. The second-order valence-electron chi connectivity index (χ2n) is 7.58. The highest BCUT2D eigenvalue weighted by atomic mass is 16.6. The molecule has 0 saturated carbocycles. The summed E-state index contributed by atoms with van der Waals surface area (Å²) in [6.45, 7) is 5.80. The number of carbonyl (C=O) groups is 1. The van der Waals surface area contributed by atoms with Crippen molar-refractivity contribution in [3.63, 3.8) is 0 Å². The van der Waals surface area contributed by atoms with Crippen molar-refractivity contribution in [3.05, 3.63) is 78.4 Å². The molecule has 4 aromatic rings. The number of nitrogens with zero attached hydrogens (tertiary/aromatic N) is 1. The summed E-state index contributed by atoms with van der Waals surface area (Å²) in [7, 11) is 0. The van der Waals surface area contributed by atoms with Crippen molar-refractivity contribution >= 4 is 27.8 Å². The molecule has 1 heterocycles. The molecule has 0 N–H and O–H groups in total. The van der Waals surface area contributed by atoms with Gasteiger partial charge >= 0.3 is 5.97 Å². The molecule has 32 heavy (non-hydrogen) atoms. The van der Waals surface area contributed by atoms with E-state index in [0.29, 0.717) is 26.2 Å².